The number of hydrogen-bond acceptors (Lipinski definition) is 11. The monoisotopic (exact) mass is 1080 g/mol. The zero-order chi connectivity index (χ0) is 56.1. The summed E-state index contributed by atoms with van der Waals surface area (Å²) >= 11 is 0. The molecule has 1 rings (SSSR count). The molecule has 442 valence electrons. The zero-order valence-corrected chi connectivity index (χ0v) is 48.7. The number of aliphatic hydroxyl groups excluding tert-OH is 2. The number of hydrogen-bond donors (Lipinski definition) is 3. The van der Waals surface area contributed by atoms with Crippen LogP contribution in [-0.2, 0) is 42.9 Å². The minimum Gasteiger partial charge on any atom is -0.479 e. The van der Waals surface area contributed by atoms with Crippen LogP contribution in [0, 0.1) is 0 Å². The van der Waals surface area contributed by atoms with Gasteiger partial charge in [0.15, 0.2) is 24.6 Å². The second-order valence-electron chi connectivity index (χ2n) is 20.9. The molecule has 12 nitrogen and oxygen atoms in total. The van der Waals surface area contributed by atoms with E-state index in [4.69, 9.17) is 23.7 Å². The van der Waals surface area contributed by atoms with E-state index >= 15 is 0 Å². The number of ether oxygens (including phenoxy) is 5. The number of esters is 3. The van der Waals surface area contributed by atoms with Gasteiger partial charge >= 0.3 is 23.9 Å². The van der Waals surface area contributed by atoms with E-state index in [0.29, 0.717) is 19.3 Å². The zero-order valence-electron chi connectivity index (χ0n) is 48.7. The molecule has 6 unspecified atom stereocenters. The van der Waals surface area contributed by atoms with E-state index in [1.165, 1.54) is 70.6 Å². The van der Waals surface area contributed by atoms with Crippen molar-refractivity contribution in [1.82, 2.24) is 0 Å². The van der Waals surface area contributed by atoms with E-state index in [9.17, 15) is 34.5 Å². The van der Waals surface area contributed by atoms with Crippen LogP contribution in [-0.4, -0.2) is 89.2 Å². The van der Waals surface area contributed by atoms with Crippen molar-refractivity contribution in [2.75, 3.05) is 13.2 Å². The molecule has 1 aliphatic heterocycles. The molecule has 0 amide bonds. The average Bonchev–Trinajstić information content (AvgIpc) is 3.42. The van der Waals surface area contributed by atoms with Crippen molar-refractivity contribution < 1.29 is 58.2 Å². The molecule has 3 N–H and O–H groups in total. The predicted octanol–water partition coefficient (Wildman–Crippen LogP) is 16.1. The minimum atomic E-state index is -1.91. The number of allylic oxidation sites excluding steroid dienone is 12. The Morgan fingerprint density at radius 2 is 0.818 bits per heavy atom. The summed E-state index contributed by atoms with van der Waals surface area (Å²) in [5.41, 5.74) is 0. The van der Waals surface area contributed by atoms with Gasteiger partial charge in [-0.05, 0) is 83.5 Å². The molecule has 0 saturated carbocycles. The summed E-state index contributed by atoms with van der Waals surface area (Å²) in [4.78, 5) is 51.2. The molecule has 1 fully saturated rings. The van der Waals surface area contributed by atoms with Crippen LogP contribution in [0.15, 0.2) is 72.9 Å². The van der Waals surface area contributed by atoms with Crippen molar-refractivity contribution in [2.45, 2.75) is 302 Å². The van der Waals surface area contributed by atoms with E-state index in [2.05, 4.69) is 93.7 Å². The predicted molar refractivity (Wildman–Crippen MR) is 312 cm³/mol. The lowest BCUT2D eigenvalue weighted by Gasteiger charge is -2.40. The highest BCUT2D eigenvalue weighted by Gasteiger charge is 2.50. The van der Waals surface area contributed by atoms with Crippen molar-refractivity contribution in [1.29, 1.82) is 0 Å². The van der Waals surface area contributed by atoms with Gasteiger partial charge in [-0.3, -0.25) is 14.4 Å². The standard InChI is InChI=1S/C65H110O12/c1-4-7-10-13-16-19-22-25-28-29-32-33-36-39-42-45-48-51-57(66)73-54-56(75-58(67)52-49-46-43-40-37-34-30-26-23-20-17-14-11-8-5-2)55-74-65-63(61(70)60(69)62(77-65)64(71)72)76-59(68)53-50-47-44-41-38-35-31-27-24-21-18-15-12-9-6-3/h7-8,10-11,16-17,19-20,25-26,28,30,56,60-63,65,69-70H,4-6,9,12-15,18,21-24,27,29,31-55H2,1-3H3,(H,71,72)/b10-7-,11-8-,19-16-,20-17-,28-25-,30-26-. The lowest BCUT2D eigenvalue weighted by molar-refractivity contribution is -0.301. The summed E-state index contributed by atoms with van der Waals surface area (Å²) < 4.78 is 28.5. The Balaban J connectivity index is 2.69. The fourth-order valence-corrected chi connectivity index (χ4v) is 9.10. The van der Waals surface area contributed by atoms with Crippen molar-refractivity contribution in [3.8, 4) is 0 Å². The smallest absolute Gasteiger partial charge is 0.335 e. The van der Waals surface area contributed by atoms with Gasteiger partial charge in [0.25, 0.3) is 0 Å². The van der Waals surface area contributed by atoms with Crippen molar-refractivity contribution in [3.05, 3.63) is 72.9 Å². The largest absolute Gasteiger partial charge is 0.479 e. The number of carboxylic acid groups (broad SMARTS) is 1. The maximum absolute atomic E-state index is 13.2. The number of unbranched alkanes of at least 4 members (excludes halogenated alkanes) is 26. The highest BCUT2D eigenvalue weighted by molar-refractivity contribution is 5.74. The SMILES string of the molecule is CC/C=C\C/C=C\C/C=C\CCCCCCCCCC(=O)OCC(COC1OC(C(=O)O)C(O)C(O)C1OC(=O)CCCCCCCCCCCCCCCCC)OC(=O)CCCCCCC/C=C\C/C=C\C/C=C\CC. The molecular formula is C65H110O12. The lowest BCUT2D eigenvalue weighted by Crippen LogP contribution is -2.61. The van der Waals surface area contributed by atoms with Crippen LogP contribution in [0.5, 0.6) is 0 Å². The first-order valence-corrected chi connectivity index (χ1v) is 30.9. The van der Waals surface area contributed by atoms with Crippen LogP contribution in [0.4, 0.5) is 0 Å². The number of aliphatic hydroxyl groups is 2. The van der Waals surface area contributed by atoms with Crippen LogP contribution in [0.2, 0.25) is 0 Å². The van der Waals surface area contributed by atoms with Gasteiger partial charge in [-0.1, -0.05) is 235 Å². The number of carboxylic acids is 1. The maximum Gasteiger partial charge on any atom is 0.335 e. The summed E-state index contributed by atoms with van der Waals surface area (Å²) in [6, 6.07) is 0. The van der Waals surface area contributed by atoms with Gasteiger partial charge < -0.3 is 39.0 Å². The third-order valence-electron chi connectivity index (χ3n) is 13.8. The third kappa shape index (κ3) is 42.7. The van der Waals surface area contributed by atoms with E-state index in [1.807, 2.05) is 0 Å². The fourth-order valence-electron chi connectivity index (χ4n) is 9.10. The molecule has 0 aromatic heterocycles. The summed E-state index contributed by atoms with van der Waals surface area (Å²) in [6.45, 7) is 5.77. The second kappa shape index (κ2) is 52.8. The van der Waals surface area contributed by atoms with Gasteiger partial charge in [0.2, 0.25) is 0 Å². The van der Waals surface area contributed by atoms with E-state index in [1.54, 1.807) is 0 Å². The summed E-state index contributed by atoms with van der Waals surface area (Å²) in [7, 11) is 0. The average molecular weight is 1080 g/mol. The Kier molecular flexibility index (Phi) is 48.8. The van der Waals surface area contributed by atoms with E-state index < -0.39 is 67.3 Å². The quantitative estimate of drug-likeness (QED) is 0.0228. The molecular weight excluding hydrogens is 973 g/mol. The Morgan fingerprint density at radius 3 is 1.25 bits per heavy atom. The first kappa shape index (κ1) is 71.2. The van der Waals surface area contributed by atoms with Crippen molar-refractivity contribution >= 4 is 23.9 Å². The summed E-state index contributed by atoms with van der Waals surface area (Å²) in [5.74, 6) is -3.14. The molecule has 6 atom stereocenters. The topological polar surface area (TPSA) is 175 Å². The maximum atomic E-state index is 13.2. The Morgan fingerprint density at radius 1 is 0.442 bits per heavy atom. The van der Waals surface area contributed by atoms with Crippen LogP contribution < -0.4 is 0 Å². The summed E-state index contributed by atoms with van der Waals surface area (Å²) in [5, 5.41) is 31.5. The first-order valence-electron chi connectivity index (χ1n) is 30.9. The van der Waals surface area contributed by atoms with Crippen molar-refractivity contribution in [3.63, 3.8) is 0 Å². The Labute approximate surface area is 468 Å². The number of carbonyl (C=O) groups is 4. The van der Waals surface area contributed by atoms with Crippen molar-refractivity contribution in [2.24, 2.45) is 0 Å². The Hall–Kier alpha value is -3.84. The van der Waals surface area contributed by atoms with Gasteiger partial charge in [0.1, 0.15) is 18.8 Å². The number of aliphatic carboxylic acids is 1. The summed E-state index contributed by atoms with van der Waals surface area (Å²) in [6.07, 6.45) is 54.3. The molecule has 77 heavy (non-hydrogen) atoms. The molecule has 0 aromatic rings. The van der Waals surface area contributed by atoms with E-state index in [-0.39, 0.29) is 25.9 Å². The normalized spacial score (nSPS) is 18.5. The highest BCUT2D eigenvalue weighted by atomic mass is 16.7. The van der Waals surface area contributed by atoms with Crippen LogP contribution >= 0.6 is 0 Å². The van der Waals surface area contributed by atoms with Gasteiger partial charge in [0, 0.05) is 19.3 Å². The molecule has 1 aliphatic rings. The minimum absolute atomic E-state index is 0.0591. The van der Waals surface area contributed by atoms with Gasteiger partial charge in [-0.25, -0.2) is 4.79 Å². The molecule has 12 heteroatoms. The van der Waals surface area contributed by atoms with Gasteiger partial charge in [-0.2, -0.15) is 0 Å². The molecule has 0 aromatic carbocycles. The Bertz CT molecular complexity index is 1620. The van der Waals surface area contributed by atoms with Crippen LogP contribution in [0.1, 0.15) is 265 Å². The molecule has 0 radical (unpaired) electrons. The lowest BCUT2D eigenvalue weighted by atomic mass is 9.98. The van der Waals surface area contributed by atoms with E-state index in [0.717, 1.165) is 135 Å². The molecule has 1 saturated heterocycles. The third-order valence-corrected chi connectivity index (χ3v) is 13.8. The fraction of sp³-hybridized carbons (Fsp3) is 0.754. The van der Waals surface area contributed by atoms with Crippen LogP contribution in [0.3, 0.4) is 0 Å². The highest BCUT2D eigenvalue weighted by Crippen LogP contribution is 2.26. The van der Waals surface area contributed by atoms with Gasteiger partial charge in [-0.15, -0.1) is 0 Å². The molecule has 0 spiro atoms. The number of rotatable bonds is 52. The molecule has 0 aliphatic carbocycles. The first-order chi connectivity index (χ1) is 37.6. The second-order valence-corrected chi connectivity index (χ2v) is 20.9. The number of carbonyl (C=O) groups excluding carboxylic acids is 3. The molecule has 0 bridgehead atoms. The van der Waals surface area contributed by atoms with Gasteiger partial charge in [0.05, 0.1) is 6.61 Å². The van der Waals surface area contributed by atoms with Crippen LogP contribution in [0.25, 0.3) is 0 Å². The molecule has 1 heterocycles.